The predicted molar refractivity (Wildman–Crippen MR) is 44.8 cm³/mol. The third-order valence-electron chi connectivity index (χ3n) is 0.759. The van der Waals surface area contributed by atoms with Crippen LogP contribution in [0.4, 0.5) is 0 Å². The van der Waals surface area contributed by atoms with Crippen LogP contribution in [0.1, 0.15) is 6.92 Å². The van der Waals surface area contributed by atoms with E-state index in [2.05, 4.69) is 0 Å². The first kappa shape index (κ1) is 14.4. The first-order valence-electron chi connectivity index (χ1n) is 3.28. The summed E-state index contributed by atoms with van der Waals surface area (Å²) in [5.41, 5.74) is 9.79. The van der Waals surface area contributed by atoms with E-state index in [1.807, 2.05) is 0 Å². The third kappa shape index (κ3) is 13.8. The summed E-state index contributed by atoms with van der Waals surface area (Å²) in [6.45, 7) is 2.07. The van der Waals surface area contributed by atoms with Crippen molar-refractivity contribution in [2.45, 2.75) is 16.0 Å². The monoisotopic (exact) mass is 192 g/mol. The maximum atomic E-state index is 9.76. The zero-order valence-electron chi connectivity index (χ0n) is 6.82. The average molecular weight is 192 g/mol. The van der Waals surface area contributed by atoms with Gasteiger partial charge in [0.2, 0.25) is 0 Å². The van der Waals surface area contributed by atoms with Crippen LogP contribution in [0.15, 0.2) is 0 Å². The van der Waals surface area contributed by atoms with E-state index < -0.39 is 15.5 Å². The Kier molecular flexibility index (Phi) is 9.76. The van der Waals surface area contributed by atoms with Crippen molar-refractivity contribution < 1.29 is 13.0 Å². The van der Waals surface area contributed by atoms with Crippen LogP contribution in [0.2, 0.25) is 3.67 Å². The summed E-state index contributed by atoms with van der Waals surface area (Å²) in [4.78, 5) is 0. The van der Waals surface area contributed by atoms with Crippen LogP contribution in [-0.4, -0.2) is 52.8 Å². The molecule has 11 heavy (non-hydrogen) atoms. The van der Waals surface area contributed by atoms with Gasteiger partial charge in [0.05, 0.1) is 0 Å². The molecule has 0 aromatic heterocycles. The fourth-order valence-electron chi connectivity index (χ4n) is 0. The maximum absolute atomic E-state index is 9.76. The minimum atomic E-state index is -3.96. The molecule has 5 N–H and O–H groups in total. The van der Waals surface area contributed by atoms with Gasteiger partial charge in [-0.05, 0) is 6.92 Å². The van der Waals surface area contributed by atoms with E-state index in [0.717, 1.165) is 6.54 Å². The van der Waals surface area contributed by atoms with E-state index in [1.165, 1.54) is 38.5 Å². The van der Waals surface area contributed by atoms with Gasteiger partial charge in [0.1, 0.15) is 5.37 Å². The molecule has 0 aliphatic heterocycles. The fourth-order valence-corrected chi connectivity index (χ4v) is 0. The van der Waals surface area contributed by atoms with Gasteiger partial charge in [0, 0.05) is 0 Å². The molecular formula is C4H13N2NaO3S. The van der Waals surface area contributed by atoms with Gasteiger partial charge in [-0.15, -0.1) is 0 Å². The molecule has 0 saturated heterocycles. The molecule has 0 bridgehead atoms. The molecular weight excluding hydrogens is 179 g/mol. The zero-order chi connectivity index (χ0) is 9.49. The van der Waals surface area contributed by atoms with Crippen LogP contribution in [0.25, 0.3) is 0 Å². The molecule has 0 fully saturated rings. The summed E-state index contributed by atoms with van der Waals surface area (Å²) >= 11 is 1.26. The van der Waals surface area contributed by atoms with Crippen LogP contribution in [0.3, 0.4) is 0 Å². The molecule has 0 heterocycles. The summed E-state index contributed by atoms with van der Waals surface area (Å²) in [5.74, 6) is 0. The fraction of sp³-hybridized carbons (Fsp3) is 1.00. The summed E-state index contributed by atoms with van der Waals surface area (Å²) in [6, 6.07) is 0. The SMILES string of the molecule is CC(N)S(=O)(=O)O.NC[CH2][Na]. The van der Waals surface area contributed by atoms with Crippen molar-refractivity contribution >= 4 is 38.0 Å². The number of hydrogen-bond acceptors (Lipinski definition) is 4. The zero-order valence-corrected chi connectivity index (χ0v) is 9.63. The summed E-state index contributed by atoms with van der Waals surface area (Å²) in [7, 11) is -3.96. The molecule has 0 aliphatic rings. The molecule has 1 atom stereocenters. The topological polar surface area (TPSA) is 106 Å². The third-order valence-corrected chi connectivity index (χ3v) is 2.28. The van der Waals surface area contributed by atoms with Crippen LogP contribution in [-0.2, 0) is 10.1 Å². The van der Waals surface area contributed by atoms with Crippen LogP contribution >= 0.6 is 0 Å². The molecule has 0 spiro atoms. The van der Waals surface area contributed by atoms with Gasteiger partial charge in [-0.25, -0.2) is 0 Å². The van der Waals surface area contributed by atoms with Crippen molar-refractivity contribution in [2.75, 3.05) is 6.54 Å². The second-order valence-corrected chi connectivity index (χ2v) is 4.78. The van der Waals surface area contributed by atoms with Gasteiger partial charge >= 0.3 is 43.9 Å². The predicted octanol–water partition coefficient (Wildman–Crippen LogP) is -1.29. The first-order chi connectivity index (χ1) is 4.86. The second-order valence-electron chi connectivity index (χ2n) is 2.01. The molecule has 0 saturated carbocycles. The molecule has 0 aliphatic carbocycles. The molecule has 0 aromatic carbocycles. The van der Waals surface area contributed by atoms with E-state index in [-0.39, 0.29) is 0 Å². The Labute approximate surface area is 84.7 Å². The second kappa shape index (κ2) is 7.48. The summed E-state index contributed by atoms with van der Waals surface area (Å²) < 4.78 is 28.7. The van der Waals surface area contributed by atoms with Crippen LogP contribution in [0.5, 0.6) is 0 Å². The quantitative estimate of drug-likeness (QED) is 0.373. The van der Waals surface area contributed by atoms with Crippen molar-refractivity contribution in [3.63, 3.8) is 0 Å². The molecule has 0 amide bonds. The molecule has 7 heteroatoms. The van der Waals surface area contributed by atoms with Gasteiger partial charge in [-0.1, -0.05) is 0 Å². The number of nitrogens with two attached hydrogens (primary N) is 2. The van der Waals surface area contributed by atoms with E-state index in [9.17, 15) is 8.42 Å². The van der Waals surface area contributed by atoms with E-state index >= 15 is 0 Å². The molecule has 0 radical (unpaired) electrons. The summed E-state index contributed by atoms with van der Waals surface area (Å²) in [6.07, 6.45) is 0. The Morgan fingerprint density at radius 3 is 1.82 bits per heavy atom. The standard InChI is InChI=1S/C2H7NO3S.C2H6N.Na/c1-2(3)7(4,5)6;1-2-3;/h2H,3H2,1H3,(H,4,5,6);1-3H2;. The Balaban J connectivity index is 0. The molecule has 0 rings (SSSR count). The molecule has 5 nitrogen and oxygen atoms in total. The molecule has 1 unspecified atom stereocenters. The van der Waals surface area contributed by atoms with Gasteiger partial charge in [0.15, 0.2) is 0 Å². The number of rotatable bonds is 2. The van der Waals surface area contributed by atoms with Crippen molar-refractivity contribution in [2.24, 2.45) is 11.5 Å². The number of hydrogen-bond donors (Lipinski definition) is 3. The Bertz CT molecular complexity index is 166. The van der Waals surface area contributed by atoms with Crippen LogP contribution in [0, 0.1) is 0 Å². The van der Waals surface area contributed by atoms with Crippen molar-refractivity contribution in [3.05, 3.63) is 0 Å². The van der Waals surface area contributed by atoms with E-state index in [0.29, 0.717) is 0 Å². The Hall–Kier alpha value is 0.830. The van der Waals surface area contributed by atoms with Crippen LogP contribution < -0.4 is 11.5 Å². The average Bonchev–Trinajstić information content (AvgIpc) is 1.87. The van der Waals surface area contributed by atoms with E-state index in [1.54, 1.807) is 0 Å². The van der Waals surface area contributed by atoms with Crippen molar-refractivity contribution in [1.82, 2.24) is 0 Å². The van der Waals surface area contributed by atoms with Gasteiger partial charge in [-0.2, -0.15) is 8.42 Å². The van der Waals surface area contributed by atoms with Gasteiger partial charge < -0.3 is 5.73 Å². The van der Waals surface area contributed by atoms with Gasteiger partial charge in [-0.3, -0.25) is 4.55 Å². The first-order valence-corrected chi connectivity index (χ1v) is 6.20. The van der Waals surface area contributed by atoms with E-state index in [4.69, 9.17) is 16.0 Å². The summed E-state index contributed by atoms with van der Waals surface area (Å²) in [5, 5.41) is -1.17. The molecule has 0 aromatic rings. The van der Waals surface area contributed by atoms with Crippen molar-refractivity contribution in [3.8, 4) is 0 Å². The Morgan fingerprint density at radius 1 is 1.64 bits per heavy atom. The Morgan fingerprint density at radius 2 is 1.82 bits per heavy atom. The normalized spacial score (nSPS) is 13.3. The van der Waals surface area contributed by atoms with Crippen molar-refractivity contribution in [1.29, 1.82) is 0 Å². The van der Waals surface area contributed by atoms with Gasteiger partial charge in [0.25, 0.3) is 10.1 Å². The molecule has 64 valence electrons. The minimum absolute atomic E-state index is 0.881.